The van der Waals surface area contributed by atoms with Crippen LogP contribution in [0.3, 0.4) is 0 Å². The second kappa shape index (κ2) is 8.00. The van der Waals surface area contributed by atoms with E-state index in [1.54, 1.807) is 0 Å². The van der Waals surface area contributed by atoms with Crippen LogP contribution in [0.2, 0.25) is 0 Å². The number of alkyl halides is 3. The Labute approximate surface area is 107 Å². The third kappa shape index (κ3) is 6.59. The molecule has 1 aliphatic rings. The highest BCUT2D eigenvalue weighted by Gasteiger charge is 2.27. The summed E-state index contributed by atoms with van der Waals surface area (Å²) in [6, 6.07) is 0.309. The number of ether oxygens (including phenoxy) is 1. The van der Waals surface area contributed by atoms with E-state index < -0.39 is 12.6 Å². The monoisotopic (exact) mass is 267 g/mol. The number of rotatable bonds is 6. The fraction of sp³-hybridized carbons (Fsp3) is 1.00. The van der Waals surface area contributed by atoms with E-state index in [2.05, 4.69) is 5.32 Å². The Kier molecular flexibility index (Phi) is 7.00. The molecule has 0 aromatic carbocycles. The van der Waals surface area contributed by atoms with Crippen molar-refractivity contribution in [2.75, 3.05) is 13.2 Å². The van der Waals surface area contributed by atoms with Crippen LogP contribution >= 0.6 is 0 Å². The van der Waals surface area contributed by atoms with E-state index in [1.165, 1.54) is 12.8 Å². The second-order valence-electron chi connectivity index (χ2n) is 4.93. The van der Waals surface area contributed by atoms with Gasteiger partial charge in [-0.2, -0.15) is 13.2 Å². The van der Waals surface area contributed by atoms with Crippen molar-refractivity contribution in [3.05, 3.63) is 0 Å². The fourth-order valence-corrected chi connectivity index (χ4v) is 2.48. The first kappa shape index (κ1) is 15.8. The summed E-state index contributed by atoms with van der Waals surface area (Å²) in [5.74, 6) is 0. The van der Waals surface area contributed by atoms with E-state index in [0.717, 1.165) is 25.8 Å². The lowest BCUT2D eigenvalue weighted by Gasteiger charge is -2.26. The van der Waals surface area contributed by atoms with Gasteiger partial charge in [-0.15, -0.1) is 0 Å². The molecule has 0 aromatic heterocycles. The second-order valence-corrected chi connectivity index (χ2v) is 4.93. The van der Waals surface area contributed by atoms with Gasteiger partial charge in [0.15, 0.2) is 0 Å². The summed E-state index contributed by atoms with van der Waals surface area (Å²) in [6.07, 6.45) is 0.872. The fourth-order valence-electron chi connectivity index (χ4n) is 2.48. The topological polar surface area (TPSA) is 21.3 Å². The Morgan fingerprint density at radius 2 is 1.89 bits per heavy atom. The first-order valence-electron chi connectivity index (χ1n) is 6.94. The Morgan fingerprint density at radius 1 is 1.17 bits per heavy atom. The smallest absolute Gasteiger partial charge is 0.377 e. The van der Waals surface area contributed by atoms with Crippen LogP contribution < -0.4 is 5.32 Å². The maximum absolute atomic E-state index is 12.0. The predicted molar refractivity (Wildman–Crippen MR) is 65.6 cm³/mol. The van der Waals surface area contributed by atoms with Crippen LogP contribution in [-0.4, -0.2) is 31.5 Å². The molecule has 108 valence electrons. The molecule has 2 atom stereocenters. The van der Waals surface area contributed by atoms with Crippen molar-refractivity contribution < 1.29 is 17.9 Å². The zero-order chi connectivity index (χ0) is 13.4. The van der Waals surface area contributed by atoms with Gasteiger partial charge in [0.2, 0.25) is 0 Å². The van der Waals surface area contributed by atoms with Crippen LogP contribution in [0.15, 0.2) is 0 Å². The van der Waals surface area contributed by atoms with Gasteiger partial charge >= 0.3 is 6.18 Å². The van der Waals surface area contributed by atoms with Gasteiger partial charge in [-0.3, -0.25) is 0 Å². The molecule has 0 amide bonds. The molecule has 0 bridgehead atoms. The number of halogens is 3. The van der Waals surface area contributed by atoms with Gasteiger partial charge in [0.05, 0.1) is 6.10 Å². The van der Waals surface area contributed by atoms with Crippen LogP contribution in [0.5, 0.6) is 0 Å². The molecule has 0 aliphatic heterocycles. The zero-order valence-electron chi connectivity index (χ0n) is 11.1. The average molecular weight is 267 g/mol. The molecule has 1 saturated carbocycles. The van der Waals surface area contributed by atoms with Crippen molar-refractivity contribution in [3.63, 3.8) is 0 Å². The highest BCUT2D eigenvalue weighted by Crippen LogP contribution is 2.23. The lowest BCUT2D eigenvalue weighted by Crippen LogP contribution is -2.40. The van der Waals surface area contributed by atoms with Crippen LogP contribution in [-0.2, 0) is 4.74 Å². The lowest BCUT2D eigenvalue weighted by molar-refractivity contribution is -0.139. The van der Waals surface area contributed by atoms with Gasteiger partial charge in [-0.1, -0.05) is 26.2 Å². The molecule has 1 aliphatic carbocycles. The van der Waals surface area contributed by atoms with Crippen LogP contribution in [0, 0.1) is 0 Å². The Bertz CT molecular complexity index is 221. The summed E-state index contributed by atoms with van der Waals surface area (Å²) in [5.41, 5.74) is 0. The summed E-state index contributed by atoms with van der Waals surface area (Å²) in [7, 11) is 0. The Hall–Kier alpha value is -0.290. The van der Waals surface area contributed by atoms with Crippen molar-refractivity contribution in [1.82, 2.24) is 5.32 Å². The first-order chi connectivity index (χ1) is 8.53. The van der Waals surface area contributed by atoms with Crippen LogP contribution in [0.1, 0.15) is 51.9 Å². The van der Waals surface area contributed by atoms with Crippen LogP contribution in [0.4, 0.5) is 13.2 Å². The molecule has 1 rings (SSSR count). The summed E-state index contributed by atoms with van der Waals surface area (Å²) in [4.78, 5) is 0. The van der Waals surface area contributed by atoms with Crippen molar-refractivity contribution in [2.45, 2.75) is 70.2 Å². The molecule has 2 unspecified atom stereocenters. The molecule has 1 fully saturated rings. The van der Waals surface area contributed by atoms with Crippen molar-refractivity contribution >= 4 is 0 Å². The molecule has 0 spiro atoms. The third-order valence-corrected chi connectivity index (χ3v) is 3.36. The minimum Gasteiger partial charge on any atom is -0.377 e. The van der Waals surface area contributed by atoms with E-state index in [-0.39, 0.29) is 19.1 Å². The normalized spacial score (nSPS) is 26.0. The van der Waals surface area contributed by atoms with Gasteiger partial charge < -0.3 is 10.1 Å². The van der Waals surface area contributed by atoms with E-state index >= 15 is 0 Å². The van der Waals surface area contributed by atoms with Crippen LogP contribution in [0.25, 0.3) is 0 Å². The molecule has 5 heteroatoms. The number of likely N-dealkylation sites (N-methyl/N-ethyl adjacent to an activating group) is 1. The molecule has 0 aromatic rings. The minimum atomic E-state index is -4.06. The summed E-state index contributed by atoms with van der Waals surface area (Å²) >= 11 is 0. The SMILES string of the molecule is CCNC1CCCCCC1OCCCC(F)(F)F. The Morgan fingerprint density at radius 3 is 2.56 bits per heavy atom. The highest BCUT2D eigenvalue weighted by atomic mass is 19.4. The highest BCUT2D eigenvalue weighted by molar-refractivity contribution is 4.80. The van der Waals surface area contributed by atoms with Gasteiger partial charge in [0.25, 0.3) is 0 Å². The van der Waals surface area contributed by atoms with E-state index in [0.29, 0.717) is 6.04 Å². The molecule has 1 N–H and O–H groups in total. The third-order valence-electron chi connectivity index (χ3n) is 3.36. The quantitative estimate of drug-likeness (QED) is 0.586. The van der Waals surface area contributed by atoms with E-state index in [9.17, 15) is 13.2 Å². The molecule has 0 saturated heterocycles. The number of hydrogen-bond acceptors (Lipinski definition) is 2. The van der Waals surface area contributed by atoms with E-state index in [4.69, 9.17) is 4.74 Å². The zero-order valence-corrected chi connectivity index (χ0v) is 11.1. The number of nitrogens with one attached hydrogen (secondary N) is 1. The number of hydrogen-bond donors (Lipinski definition) is 1. The van der Waals surface area contributed by atoms with Gasteiger partial charge in [0.1, 0.15) is 0 Å². The molecular formula is C13H24F3NO. The molecule has 2 nitrogen and oxygen atoms in total. The maximum Gasteiger partial charge on any atom is 0.389 e. The summed E-state index contributed by atoms with van der Waals surface area (Å²) in [5, 5.41) is 3.38. The minimum absolute atomic E-state index is 0.0683. The summed E-state index contributed by atoms with van der Waals surface area (Å²) in [6.45, 7) is 3.14. The van der Waals surface area contributed by atoms with Gasteiger partial charge in [-0.05, 0) is 25.8 Å². The Balaban J connectivity index is 2.27. The molecule has 18 heavy (non-hydrogen) atoms. The van der Waals surface area contributed by atoms with Gasteiger partial charge in [-0.25, -0.2) is 0 Å². The standard InChI is InChI=1S/C13H24F3NO/c1-2-17-11-7-4-3-5-8-12(11)18-10-6-9-13(14,15)16/h11-12,17H,2-10H2,1H3. The van der Waals surface area contributed by atoms with Crippen molar-refractivity contribution in [3.8, 4) is 0 Å². The first-order valence-corrected chi connectivity index (χ1v) is 6.94. The lowest BCUT2D eigenvalue weighted by atomic mass is 10.1. The van der Waals surface area contributed by atoms with Crippen molar-refractivity contribution in [2.24, 2.45) is 0 Å². The maximum atomic E-state index is 12.0. The summed E-state index contributed by atoms with van der Waals surface area (Å²) < 4.78 is 41.7. The average Bonchev–Trinajstić information content (AvgIpc) is 2.50. The largest absolute Gasteiger partial charge is 0.389 e. The molecular weight excluding hydrogens is 243 g/mol. The molecule has 0 heterocycles. The van der Waals surface area contributed by atoms with E-state index in [1.807, 2.05) is 6.92 Å². The molecule has 0 radical (unpaired) electrons. The van der Waals surface area contributed by atoms with Gasteiger partial charge in [0, 0.05) is 19.1 Å². The predicted octanol–water partition coefficient (Wildman–Crippen LogP) is 3.66. The van der Waals surface area contributed by atoms with Crippen molar-refractivity contribution in [1.29, 1.82) is 0 Å².